The van der Waals surface area contributed by atoms with E-state index >= 15 is 0 Å². The summed E-state index contributed by atoms with van der Waals surface area (Å²) in [4.78, 5) is 13.1. The van der Waals surface area contributed by atoms with Crippen LogP contribution in [0.5, 0.6) is 0 Å². The minimum Gasteiger partial charge on any atom is -0.345 e. The second-order valence-corrected chi connectivity index (χ2v) is 9.82. The molecule has 0 heterocycles. The van der Waals surface area contributed by atoms with Gasteiger partial charge in [0, 0.05) is 5.56 Å². The van der Waals surface area contributed by atoms with Crippen LogP contribution < -0.4 is 5.32 Å². The zero-order chi connectivity index (χ0) is 21.6. The number of hydrogen-bond donors (Lipinski definition) is 1. The number of carbonyl (C=O) groups is 1. The minimum absolute atomic E-state index is 0.0724. The largest absolute Gasteiger partial charge is 0.345 e. The van der Waals surface area contributed by atoms with Gasteiger partial charge in [0.25, 0.3) is 5.91 Å². The summed E-state index contributed by atoms with van der Waals surface area (Å²) < 4.78 is 25.1. The summed E-state index contributed by atoms with van der Waals surface area (Å²) >= 11 is 0. The zero-order valence-electron chi connectivity index (χ0n) is 17.3. The number of nitrogens with one attached hydrogen (secondary N) is 1. The molecule has 0 radical (unpaired) electrons. The van der Waals surface area contributed by atoms with Crippen LogP contribution in [0.4, 0.5) is 0 Å². The molecule has 0 saturated heterocycles. The molecule has 0 bridgehead atoms. The third-order valence-electron chi connectivity index (χ3n) is 4.89. The van der Waals surface area contributed by atoms with Gasteiger partial charge >= 0.3 is 0 Å². The van der Waals surface area contributed by atoms with Crippen molar-refractivity contribution in [1.82, 2.24) is 5.32 Å². The fourth-order valence-electron chi connectivity index (χ4n) is 3.36. The van der Waals surface area contributed by atoms with E-state index < -0.39 is 9.84 Å². The van der Waals surface area contributed by atoms with Crippen LogP contribution in [0.2, 0.25) is 0 Å². The number of sulfone groups is 1. The molecule has 0 fully saturated rings. The molecular formula is C25H27NO3S. The zero-order valence-corrected chi connectivity index (χ0v) is 18.1. The predicted octanol–water partition coefficient (Wildman–Crippen LogP) is 5.18. The van der Waals surface area contributed by atoms with Gasteiger partial charge in [0.05, 0.1) is 16.7 Å². The molecule has 1 unspecified atom stereocenters. The van der Waals surface area contributed by atoms with Crippen molar-refractivity contribution in [2.24, 2.45) is 5.92 Å². The molecular weight excluding hydrogens is 394 g/mol. The van der Waals surface area contributed by atoms with Gasteiger partial charge in [0.15, 0.2) is 9.84 Å². The standard InChI is InChI=1S/C25H27NO3S/c1-19(2)17-24(21-9-5-3-6-10-21)26-25(27)22-15-13-20(14-16-22)18-30(28,29)23-11-7-4-8-12-23/h3-16,19,24H,17-18H2,1-2H3,(H,26,27). The SMILES string of the molecule is CC(C)CC(NC(=O)c1ccc(CS(=O)(=O)c2ccccc2)cc1)c1ccccc1. The summed E-state index contributed by atoms with van der Waals surface area (Å²) in [7, 11) is -3.42. The molecule has 1 atom stereocenters. The Kier molecular flexibility index (Phi) is 7.06. The van der Waals surface area contributed by atoms with Crippen molar-refractivity contribution in [2.45, 2.75) is 37.0 Å². The van der Waals surface area contributed by atoms with E-state index in [1.807, 2.05) is 30.3 Å². The second kappa shape index (κ2) is 9.72. The Morgan fingerprint density at radius 3 is 1.97 bits per heavy atom. The van der Waals surface area contributed by atoms with Crippen molar-refractivity contribution in [2.75, 3.05) is 0 Å². The Hall–Kier alpha value is -2.92. The second-order valence-electron chi connectivity index (χ2n) is 7.84. The van der Waals surface area contributed by atoms with E-state index in [0.29, 0.717) is 21.9 Å². The highest BCUT2D eigenvalue weighted by Crippen LogP contribution is 2.22. The van der Waals surface area contributed by atoms with Gasteiger partial charge in [0.2, 0.25) is 0 Å². The normalized spacial score (nSPS) is 12.5. The first-order valence-corrected chi connectivity index (χ1v) is 11.7. The maximum Gasteiger partial charge on any atom is 0.251 e. The monoisotopic (exact) mass is 421 g/mol. The summed E-state index contributed by atoms with van der Waals surface area (Å²) in [5, 5.41) is 3.12. The van der Waals surface area contributed by atoms with Gasteiger partial charge < -0.3 is 5.32 Å². The Morgan fingerprint density at radius 2 is 1.40 bits per heavy atom. The van der Waals surface area contributed by atoms with Crippen molar-refractivity contribution in [3.63, 3.8) is 0 Å². The van der Waals surface area contributed by atoms with Gasteiger partial charge in [-0.15, -0.1) is 0 Å². The molecule has 5 heteroatoms. The number of rotatable bonds is 8. The van der Waals surface area contributed by atoms with Crippen LogP contribution in [0.1, 0.15) is 47.8 Å². The summed E-state index contributed by atoms with van der Waals surface area (Å²) in [5.41, 5.74) is 2.24. The van der Waals surface area contributed by atoms with Crippen molar-refractivity contribution < 1.29 is 13.2 Å². The predicted molar refractivity (Wildman–Crippen MR) is 120 cm³/mol. The summed E-state index contributed by atoms with van der Waals surface area (Å²) in [5.74, 6) is 0.168. The lowest BCUT2D eigenvalue weighted by molar-refractivity contribution is 0.0932. The number of hydrogen-bond acceptors (Lipinski definition) is 3. The first kappa shape index (κ1) is 21.8. The topological polar surface area (TPSA) is 63.2 Å². The van der Waals surface area contributed by atoms with Gasteiger partial charge in [0.1, 0.15) is 0 Å². The molecule has 156 valence electrons. The van der Waals surface area contributed by atoms with Crippen LogP contribution in [0.3, 0.4) is 0 Å². The summed E-state index contributed by atoms with van der Waals surface area (Å²) in [6.45, 7) is 4.26. The van der Waals surface area contributed by atoms with Crippen LogP contribution >= 0.6 is 0 Å². The molecule has 3 aromatic rings. The van der Waals surface area contributed by atoms with Crippen molar-refractivity contribution in [3.8, 4) is 0 Å². The van der Waals surface area contributed by atoms with E-state index in [0.717, 1.165) is 12.0 Å². The van der Waals surface area contributed by atoms with Gasteiger partial charge in [-0.05, 0) is 47.7 Å². The van der Waals surface area contributed by atoms with Gasteiger partial charge in [-0.3, -0.25) is 4.79 Å². The Balaban J connectivity index is 1.71. The number of carbonyl (C=O) groups excluding carboxylic acids is 1. The highest BCUT2D eigenvalue weighted by Gasteiger charge is 2.18. The van der Waals surface area contributed by atoms with Gasteiger partial charge in [-0.25, -0.2) is 8.42 Å². The highest BCUT2D eigenvalue weighted by atomic mass is 32.2. The highest BCUT2D eigenvalue weighted by molar-refractivity contribution is 7.90. The Bertz CT molecular complexity index is 1060. The first-order valence-electron chi connectivity index (χ1n) is 10.1. The van der Waals surface area contributed by atoms with Crippen molar-refractivity contribution >= 4 is 15.7 Å². The Morgan fingerprint density at radius 1 is 0.833 bits per heavy atom. The molecule has 0 aliphatic heterocycles. The third-order valence-corrected chi connectivity index (χ3v) is 6.59. The third kappa shape index (κ3) is 5.80. The van der Waals surface area contributed by atoms with E-state index in [9.17, 15) is 13.2 Å². The van der Waals surface area contributed by atoms with E-state index in [4.69, 9.17) is 0 Å². The fraction of sp³-hybridized carbons (Fsp3) is 0.240. The lowest BCUT2D eigenvalue weighted by Gasteiger charge is -2.21. The minimum atomic E-state index is -3.42. The van der Waals surface area contributed by atoms with Crippen molar-refractivity contribution in [1.29, 1.82) is 0 Å². The van der Waals surface area contributed by atoms with Crippen LogP contribution in [-0.4, -0.2) is 14.3 Å². The molecule has 0 spiro atoms. The first-order chi connectivity index (χ1) is 14.3. The van der Waals surface area contributed by atoms with Crippen LogP contribution in [0, 0.1) is 5.92 Å². The molecule has 0 saturated carbocycles. The van der Waals surface area contributed by atoms with Crippen LogP contribution in [0.25, 0.3) is 0 Å². The van der Waals surface area contributed by atoms with E-state index in [1.165, 1.54) is 0 Å². The molecule has 4 nitrogen and oxygen atoms in total. The average molecular weight is 422 g/mol. The van der Waals surface area contributed by atoms with Gasteiger partial charge in [-0.1, -0.05) is 74.5 Å². The fourth-order valence-corrected chi connectivity index (χ4v) is 4.73. The molecule has 30 heavy (non-hydrogen) atoms. The van der Waals surface area contributed by atoms with Crippen molar-refractivity contribution in [3.05, 3.63) is 102 Å². The summed E-state index contributed by atoms with van der Waals surface area (Å²) in [6.07, 6.45) is 0.836. The van der Waals surface area contributed by atoms with Gasteiger partial charge in [-0.2, -0.15) is 0 Å². The molecule has 0 aliphatic rings. The van der Waals surface area contributed by atoms with E-state index in [2.05, 4.69) is 19.2 Å². The average Bonchev–Trinajstić information content (AvgIpc) is 2.74. The van der Waals surface area contributed by atoms with Crippen LogP contribution in [-0.2, 0) is 15.6 Å². The van der Waals surface area contributed by atoms with Crippen LogP contribution in [0.15, 0.2) is 89.8 Å². The molecule has 1 N–H and O–H groups in total. The number of benzene rings is 3. The van der Waals surface area contributed by atoms with E-state index in [-0.39, 0.29) is 17.7 Å². The quantitative estimate of drug-likeness (QED) is 0.545. The lowest BCUT2D eigenvalue weighted by atomic mass is 9.96. The molecule has 1 amide bonds. The maximum atomic E-state index is 12.8. The smallest absolute Gasteiger partial charge is 0.251 e. The lowest BCUT2D eigenvalue weighted by Crippen LogP contribution is -2.29. The Labute approximate surface area is 178 Å². The maximum absolute atomic E-state index is 12.8. The molecule has 0 aromatic heterocycles. The molecule has 3 rings (SSSR count). The summed E-state index contributed by atoms with van der Waals surface area (Å²) in [6, 6.07) is 25.0. The number of amides is 1. The molecule has 3 aromatic carbocycles. The molecule has 0 aliphatic carbocycles. The van der Waals surface area contributed by atoms with E-state index in [1.54, 1.807) is 54.6 Å².